The van der Waals surface area contributed by atoms with Crippen molar-refractivity contribution >= 4 is 0 Å². The summed E-state index contributed by atoms with van der Waals surface area (Å²) in [7, 11) is 0. The fourth-order valence-corrected chi connectivity index (χ4v) is 2.02. The molecule has 0 amide bonds. The van der Waals surface area contributed by atoms with Crippen molar-refractivity contribution in [2.45, 2.75) is 18.6 Å². The van der Waals surface area contributed by atoms with E-state index in [2.05, 4.69) is 4.90 Å². The van der Waals surface area contributed by atoms with Crippen molar-refractivity contribution in [3.63, 3.8) is 0 Å². The van der Waals surface area contributed by atoms with E-state index in [1.165, 1.54) is 0 Å². The molecular weight excluding hydrogens is 218 g/mol. The van der Waals surface area contributed by atoms with Gasteiger partial charge in [0.1, 0.15) is 5.75 Å². The van der Waals surface area contributed by atoms with Gasteiger partial charge in [-0.15, -0.1) is 0 Å². The molecule has 2 N–H and O–H groups in total. The van der Waals surface area contributed by atoms with Gasteiger partial charge in [-0.1, -0.05) is 18.2 Å². The minimum absolute atomic E-state index is 0.562. The summed E-state index contributed by atoms with van der Waals surface area (Å²) in [5.41, 5.74) is 0. The number of nitrogens with zero attached hydrogens (tertiary/aromatic N) is 1. The first-order valence-corrected chi connectivity index (χ1v) is 6.02. The molecule has 0 aromatic heterocycles. The highest BCUT2D eigenvalue weighted by Gasteiger charge is 2.28. The number of rotatable bonds is 5. The van der Waals surface area contributed by atoms with E-state index in [0.717, 1.165) is 18.7 Å². The lowest BCUT2D eigenvalue weighted by molar-refractivity contribution is 0.0572. The molecule has 1 saturated heterocycles. The van der Waals surface area contributed by atoms with Crippen LogP contribution in [0.5, 0.6) is 5.75 Å². The summed E-state index contributed by atoms with van der Waals surface area (Å²) in [5, 5.41) is 18.8. The fourth-order valence-electron chi connectivity index (χ4n) is 2.02. The number of hydrogen-bond donors (Lipinski definition) is 2. The van der Waals surface area contributed by atoms with Gasteiger partial charge < -0.3 is 14.9 Å². The minimum atomic E-state index is -0.593. The van der Waals surface area contributed by atoms with Gasteiger partial charge in [0, 0.05) is 19.6 Å². The van der Waals surface area contributed by atoms with Gasteiger partial charge in [0.25, 0.3) is 0 Å². The Kier molecular flexibility index (Phi) is 4.36. The van der Waals surface area contributed by atoms with Crippen molar-refractivity contribution in [1.29, 1.82) is 0 Å². The molecule has 1 aromatic rings. The predicted molar refractivity (Wildman–Crippen MR) is 65.0 cm³/mol. The van der Waals surface area contributed by atoms with Crippen molar-refractivity contribution in [1.82, 2.24) is 4.90 Å². The Hall–Kier alpha value is -1.10. The van der Waals surface area contributed by atoms with Gasteiger partial charge in [-0.25, -0.2) is 0 Å². The van der Waals surface area contributed by atoms with Crippen LogP contribution in [0, 0.1) is 0 Å². The van der Waals surface area contributed by atoms with Crippen LogP contribution in [0.15, 0.2) is 30.3 Å². The Morgan fingerprint density at radius 1 is 1.12 bits per heavy atom. The highest BCUT2D eigenvalue weighted by atomic mass is 16.5. The predicted octanol–water partition coefficient (Wildman–Crippen LogP) is 0.493. The molecule has 2 rings (SSSR count). The van der Waals surface area contributed by atoms with Crippen LogP contribution in [0.25, 0.3) is 0 Å². The molecule has 1 aromatic carbocycles. The van der Waals surface area contributed by atoms with E-state index in [1.807, 2.05) is 30.3 Å². The Morgan fingerprint density at radius 3 is 2.41 bits per heavy atom. The van der Waals surface area contributed by atoms with E-state index in [4.69, 9.17) is 4.74 Å². The van der Waals surface area contributed by atoms with E-state index in [9.17, 15) is 10.2 Å². The average molecular weight is 237 g/mol. The number of para-hydroxylation sites is 1. The van der Waals surface area contributed by atoms with Crippen molar-refractivity contribution in [2.75, 3.05) is 26.2 Å². The summed E-state index contributed by atoms with van der Waals surface area (Å²) in [4.78, 5) is 2.06. The molecule has 94 valence electrons. The zero-order chi connectivity index (χ0) is 12.1. The zero-order valence-corrected chi connectivity index (χ0v) is 9.83. The van der Waals surface area contributed by atoms with Crippen molar-refractivity contribution in [3.8, 4) is 5.75 Å². The number of aliphatic hydroxyl groups excluding tert-OH is 2. The van der Waals surface area contributed by atoms with Crippen LogP contribution in [0.2, 0.25) is 0 Å². The molecular formula is C13H19NO3. The van der Waals surface area contributed by atoms with E-state index in [-0.39, 0.29) is 0 Å². The lowest BCUT2D eigenvalue weighted by atomic mass is 10.3. The first-order chi connectivity index (χ1) is 8.25. The molecule has 1 heterocycles. The molecule has 0 aliphatic carbocycles. The Bertz CT molecular complexity index is 321. The van der Waals surface area contributed by atoms with Crippen LogP contribution in [0.3, 0.4) is 0 Å². The monoisotopic (exact) mass is 237 g/mol. The van der Waals surface area contributed by atoms with Crippen LogP contribution in [0.1, 0.15) is 6.42 Å². The first-order valence-electron chi connectivity index (χ1n) is 6.02. The fraction of sp³-hybridized carbons (Fsp3) is 0.538. The quantitative estimate of drug-likeness (QED) is 0.732. The van der Waals surface area contributed by atoms with Gasteiger partial charge in [0.05, 0.1) is 18.8 Å². The van der Waals surface area contributed by atoms with Crippen LogP contribution in [0.4, 0.5) is 0 Å². The molecule has 0 bridgehead atoms. The molecule has 2 atom stereocenters. The molecule has 1 aliphatic heterocycles. The molecule has 2 unspecified atom stereocenters. The third-order valence-corrected chi connectivity index (χ3v) is 2.97. The molecule has 0 spiro atoms. The maximum Gasteiger partial charge on any atom is 0.119 e. The second-order valence-corrected chi connectivity index (χ2v) is 4.41. The smallest absolute Gasteiger partial charge is 0.119 e. The highest BCUT2D eigenvalue weighted by molar-refractivity contribution is 5.20. The molecule has 0 saturated carbocycles. The summed E-state index contributed by atoms with van der Waals surface area (Å²) in [6.45, 7) is 2.63. The standard InChI is InChI=1S/C13H19NO3/c15-12-9-14(10-13(12)16)7-4-8-17-11-5-2-1-3-6-11/h1-3,5-6,12-13,15-16H,4,7-10H2. The number of ether oxygens (including phenoxy) is 1. The lowest BCUT2D eigenvalue weighted by Gasteiger charge is -2.14. The normalized spacial score (nSPS) is 25.1. The Labute approximate surface area is 101 Å². The largest absolute Gasteiger partial charge is 0.494 e. The van der Waals surface area contributed by atoms with Crippen LogP contribution >= 0.6 is 0 Å². The maximum atomic E-state index is 9.38. The minimum Gasteiger partial charge on any atom is -0.494 e. The summed E-state index contributed by atoms with van der Waals surface area (Å²) in [6.07, 6.45) is -0.288. The summed E-state index contributed by atoms with van der Waals surface area (Å²) < 4.78 is 5.57. The summed E-state index contributed by atoms with van der Waals surface area (Å²) >= 11 is 0. The SMILES string of the molecule is OC1CN(CCCOc2ccccc2)CC1O. The Morgan fingerprint density at radius 2 is 1.76 bits per heavy atom. The van der Waals surface area contributed by atoms with Crippen LogP contribution in [-0.2, 0) is 0 Å². The molecule has 4 nitrogen and oxygen atoms in total. The molecule has 17 heavy (non-hydrogen) atoms. The third-order valence-electron chi connectivity index (χ3n) is 2.97. The average Bonchev–Trinajstić information content (AvgIpc) is 2.66. The van der Waals surface area contributed by atoms with E-state index in [0.29, 0.717) is 19.7 Å². The molecule has 0 radical (unpaired) electrons. The lowest BCUT2D eigenvalue weighted by Crippen LogP contribution is -2.24. The van der Waals surface area contributed by atoms with Crippen molar-refractivity contribution in [3.05, 3.63) is 30.3 Å². The second kappa shape index (κ2) is 6.00. The number of benzene rings is 1. The van der Waals surface area contributed by atoms with Crippen LogP contribution in [-0.4, -0.2) is 53.6 Å². The van der Waals surface area contributed by atoms with Gasteiger partial charge in [0.15, 0.2) is 0 Å². The highest BCUT2D eigenvalue weighted by Crippen LogP contribution is 2.11. The summed E-state index contributed by atoms with van der Waals surface area (Å²) in [5.74, 6) is 0.883. The van der Waals surface area contributed by atoms with Crippen molar-refractivity contribution < 1.29 is 14.9 Å². The number of β-amino-alcohol motifs (C(OH)–C–C–N with tert-alkyl or cyclic N) is 2. The van der Waals surface area contributed by atoms with Gasteiger partial charge in [-0.05, 0) is 18.6 Å². The number of aliphatic hydroxyl groups is 2. The van der Waals surface area contributed by atoms with Gasteiger partial charge in [0.2, 0.25) is 0 Å². The topological polar surface area (TPSA) is 52.9 Å². The van der Waals surface area contributed by atoms with E-state index >= 15 is 0 Å². The molecule has 1 aliphatic rings. The zero-order valence-electron chi connectivity index (χ0n) is 9.83. The van der Waals surface area contributed by atoms with E-state index in [1.54, 1.807) is 0 Å². The molecule has 4 heteroatoms. The van der Waals surface area contributed by atoms with E-state index < -0.39 is 12.2 Å². The first kappa shape index (κ1) is 12.4. The van der Waals surface area contributed by atoms with Crippen LogP contribution < -0.4 is 4.74 Å². The van der Waals surface area contributed by atoms with Crippen molar-refractivity contribution in [2.24, 2.45) is 0 Å². The van der Waals surface area contributed by atoms with Gasteiger partial charge >= 0.3 is 0 Å². The van der Waals surface area contributed by atoms with Gasteiger partial charge in [-0.3, -0.25) is 4.90 Å². The Balaban J connectivity index is 1.61. The third kappa shape index (κ3) is 3.70. The molecule has 1 fully saturated rings. The number of hydrogen-bond acceptors (Lipinski definition) is 4. The second-order valence-electron chi connectivity index (χ2n) is 4.41. The number of likely N-dealkylation sites (tertiary alicyclic amines) is 1. The van der Waals surface area contributed by atoms with Gasteiger partial charge in [-0.2, -0.15) is 0 Å². The summed E-state index contributed by atoms with van der Waals surface area (Å²) in [6, 6.07) is 9.72. The maximum absolute atomic E-state index is 9.38.